The molecule has 4 fully saturated rings. The standard InChI is InChI=1S/C43H78O5Si3/c1-30(20-23-34-29-43(10,39(44)45-34)48-49(11,12)13)36-24-25-37-32(19-18-26-42(36,37)9)21-22-33-27-35(46-50(14,15)40(3,4)5)28-38(31(33)2)47-51(16,17)41(6,7)8/h21-22,30,34-38H,2,18-20,23-29H2,1,3-17H3/b32-21+,33-22-/t30-,34-,35-,36-,37+,38+,42-,43-/m1/s1. The predicted octanol–water partition coefficient (Wildman–Crippen LogP) is 12.5. The van der Waals surface area contributed by atoms with Crippen molar-refractivity contribution in [3.8, 4) is 0 Å². The van der Waals surface area contributed by atoms with E-state index in [1.807, 2.05) is 6.92 Å². The minimum atomic E-state index is -2.00. The Morgan fingerprint density at radius 1 is 0.941 bits per heavy atom. The summed E-state index contributed by atoms with van der Waals surface area (Å²) in [7, 11) is -5.81. The molecule has 1 aliphatic heterocycles. The van der Waals surface area contributed by atoms with Gasteiger partial charge in [-0.2, -0.15) is 0 Å². The first-order chi connectivity index (χ1) is 23.1. The zero-order valence-corrected chi connectivity index (χ0v) is 38.9. The largest absolute Gasteiger partial charge is 0.460 e. The maximum Gasteiger partial charge on any atom is 0.337 e. The summed E-state index contributed by atoms with van der Waals surface area (Å²) in [4.78, 5) is 12.8. The number of allylic oxidation sites excluding steroid dienone is 3. The lowest BCUT2D eigenvalue weighted by Gasteiger charge is -2.46. The van der Waals surface area contributed by atoms with Gasteiger partial charge in [-0.1, -0.05) is 79.7 Å². The molecule has 292 valence electrons. The lowest BCUT2D eigenvalue weighted by atomic mass is 9.60. The van der Waals surface area contributed by atoms with Gasteiger partial charge in [0.25, 0.3) is 0 Å². The van der Waals surface area contributed by atoms with Crippen LogP contribution in [0, 0.1) is 23.2 Å². The number of hydrogen-bond acceptors (Lipinski definition) is 5. The highest BCUT2D eigenvalue weighted by Gasteiger charge is 2.52. The summed E-state index contributed by atoms with van der Waals surface area (Å²) in [5.41, 5.74) is 3.67. The van der Waals surface area contributed by atoms with E-state index in [1.54, 1.807) is 5.57 Å². The van der Waals surface area contributed by atoms with Crippen LogP contribution in [-0.2, 0) is 22.8 Å². The summed E-state index contributed by atoms with van der Waals surface area (Å²) in [5, 5.41) is 0.301. The Hall–Kier alpha value is -0.779. The molecule has 1 saturated heterocycles. The second-order valence-electron chi connectivity index (χ2n) is 21.6. The van der Waals surface area contributed by atoms with Crippen LogP contribution < -0.4 is 0 Å². The smallest absolute Gasteiger partial charge is 0.337 e. The first kappa shape index (κ1) is 43.0. The lowest BCUT2D eigenvalue weighted by Crippen LogP contribution is -2.49. The van der Waals surface area contributed by atoms with Crippen molar-refractivity contribution < 1.29 is 22.8 Å². The van der Waals surface area contributed by atoms with Crippen molar-refractivity contribution >= 4 is 30.9 Å². The molecule has 0 aromatic heterocycles. The number of ether oxygens (including phenoxy) is 1. The highest BCUT2D eigenvalue weighted by atomic mass is 28.4. The van der Waals surface area contributed by atoms with Gasteiger partial charge < -0.3 is 18.0 Å². The molecule has 8 atom stereocenters. The monoisotopic (exact) mass is 759 g/mol. The van der Waals surface area contributed by atoms with Gasteiger partial charge in [0.1, 0.15) is 6.10 Å². The maximum absolute atomic E-state index is 12.8. The van der Waals surface area contributed by atoms with E-state index >= 15 is 0 Å². The molecule has 0 radical (unpaired) electrons. The molecule has 1 heterocycles. The molecule has 51 heavy (non-hydrogen) atoms. The van der Waals surface area contributed by atoms with Crippen LogP contribution >= 0.6 is 0 Å². The van der Waals surface area contributed by atoms with E-state index in [-0.39, 0.29) is 34.4 Å². The number of carbonyl (C=O) groups is 1. The highest BCUT2D eigenvalue weighted by molar-refractivity contribution is 6.74. The van der Waals surface area contributed by atoms with Crippen molar-refractivity contribution in [1.82, 2.24) is 0 Å². The van der Waals surface area contributed by atoms with Crippen LogP contribution in [0.15, 0.2) is 35.5 Å². The summed E-state index contributed by atoms with van der Waals surface area (Å²) in [6, 6.07) is 0. The van der Waals surface area contributed by atoms with Crippen molar-refractivity contribution in [2.75, 3.05) is 0 Å². The van der Waals surface area contributed by atoms with Crippen molar-refractivity contribution in [2.45, 2.75) is 206 Å². The van der Waals surface area contributed by atoms with Gasteiger partial charge >= 0.3 is 5.97 Å². The van der Waals surface area contributed by atoms with Crippen molar-refractivity contribution in [3.05, 3.63) is 35.5 Å². The van der Waals surface area contributed by atoms with Crippen LogP contribution in [-0.4, -0.2) is 54.8 Å². The van der Waals surface area contributed by atoms with Crippen molar-refractivity contribution in [2.24, 2.45) is 23.2 Å². The Kier molecular flexibility index (Phi) is 12.7. The normalized spacial score (nSPS) is 35.0. The average molecular weight is 759 g/mol. The van der Waals surface area contributed by atoms with Crippen LogP contribution in [0.3, 0.4) is 0 Å². The summed E-state index contributed by atoms with van der Waals surface area (Å²) in [6.45, 7) is 41.6. The number of esters is 1. The van der Waals surface area contributed by atoms with E-state index in [4.69, 9.17) is 24.6 Å². The van der Waals surface area contributed by atoms with Crippen molar-refractivity contribution in [3.63, 3.8) is 0 Å². The second kappa shape index (κ2) is 15.0. The zero-order chi connectivity index (χ0) is 38.6. The summed E-state index contributed by atoms with van der Waals surface area (Å²) >= 11 is 0. The van der Waals surface area contributed by atoms with Gasteiger partial charge in [0.2, 0.25) is 0 Å². The Morgan fingerprint density at radius 2 is 1.55 bits per heavy atom. The first-order valence-corrected chi connectivity index (χ1v) is 29.7. The van der Waals surface area contributed by atoms with E-state index in [2.05, 4.69) is 113 Å². The molecule has 4 aliphatic rings. The van der Waals surface area contributed by atoms with E-state index in [9.17, 15) is 4.79 Å². The van der Waals surface area contributed by atoms with E-state index in [1.165, 1.54) is 43.3 Å². The molecule has 0 aromatic carbocycles. The fourth-order valence-electron chi connectivity index (χ4n) is 9.38. The van der Waals surface area contributed by atoms with Gasteiger partial charge in [-0.3, -0.25) is 0 Å². The molecule has 0 aromatic rings. The Morgan fingerprint density at radius 3 is 2.14 bits per heavy atom. The van der Waals surface area contributed by atoms with Gasteiger partial charge in [-0.15, -0.1) is 0 Å². The number of carbonyl (C=O) groups excluding carboxylic acids is 1. The minimum Gasteiger partial charge on any atom is -0.460 e. The molecular weight excluding hydrogens is 681 g/mol. The van der Waals surface area contributed by atoms with E-state index < -0.39 is 30.6 Å². The highest BCUT2D eigenvalue weighted by Crippen LogP contribution is 2.60. The van der Waals surface area contributed by atoms with Crippen LogP contribution in [0.4, 0.5) is 0 Å². The third-order valence-corrected chi connectivity index (χ3v) is 24.3. The minimum absolute atomic E-state index is 0.00602. The lowest BCUT2D eigenvalue weighted by molar-refractivity contribution is -0.152. The van der Waals surface area contributed by atoms with Gasteiger partial charge in [0, 0.05) is 12.8 Å². The van der Waals surface area contributed by atoms with Gasteiger partial charge in [-0.25, -0.2) is 4.79 Å². The van der Waals surface area contributed by atoms with Gasteiger partial charge in [0.05, 0.1) is 12.2 Å². The van der Waals surface area contributed by atoms with Crippen LogP contribution in [0.5, 0.6) is 0 Å². The summed E-state index contributed by atoms with van der Waals surface area (Å²) in [6.07, 6.45) is 15.9. The average Bonchev–Trinajstić information content (AvgIpc) is 3.45. The third-order valence-electron chi connectivity index (χ3n) is 14.3. The molecule has 8 heteroatoms. The molecule has 0 spiro atoms. The topological polar surface area (TPSA) is 54.0 Å². The van der Waals surface area contributed by atoms with Gasteiger partial charge in [-0.05, 0) is 149 Å². The number of fused-ring (bicyclic) bond motifs is 1. The molecular formula is C43H78O5Si3. The quantitative estimate of drug-likeness (QED) is 0.155. The molecule has 0 bridgehead atoms. The second-order valence-corrected chi connectivity index (χ2v) is 35.5. The molecule has 0 N–H and O–H groups in total. The maximum atomic E-state index is 12.8. The Bertz CT molecular complexity index is 1340. The predicted molar refractivity (Wildman–Crippen MR) is 223 cm³/mol. The first-order valence-electron chi connectivity index (χ1n) is 20.4. The number of rotatable bonds is 11. The Labute approximate surface area is 317 Å². The molecule has 0 unspecified atom stereocenters. The van der Waals surface area contributed by atoms with Crippen LogP contribution in [0.25, 0.3) is 0 Å². The summed E-state index contributed by atoms with van der Waals surface area (Å²) < 4.78 is 26.5. The van der Waals surface area contributed by atoms with Crippen molar-refractivity contribution in [1.29, 1.82) is 0 Å². The Balaban J connectivity index is 1.50. The summed E-state index contributed by atoms with van der Waals surface area (Å²) in [5.74, 6) is 1.75. The fourth-order valence-corrected chi connectivity index (χ4v) is 13.6. The molecule has 3 saturated carbocycles. The third kappa shape index (κ3) is 9.73. The zero-order valence-electron chi connectivity index (χ0n) is 35.9. The SMILES string of the molecule is C=C1/C(=C\C=C2/CCC[C@]3(C)[C@@H]([C@H](C)CC[C@@H]4C[C@@](C)(O[Si](C)(C)C)C(=O)O4)CC[C@@H]23)C[C@@H](O[Si](C)(C)C(C)(C)C)C[C@@H]1O[Si](C)(C)C(C)(C)C. The van der Waals surface area contributed by atoms with E-state index in [0.717, 1.165) is 25.7 Å². The molecule has 4 rings (SSSR count). The van der Waals surface area contributed by atoms with Gasteiger partial charge in [0.15, 0.2) is 30.6 Å². The molecule has 3 aliphatic carbocycles. The number of cyclic esters (lactones) is 1. The van der Waals surface area contributed by atoms with E-state index in [0.29, 0.717) is 29.6 Å². The van der Waals surface area contributed by atoms with Crippen LogP contribution in [0.2, 0.25) is 55.9 Å². The molecule has 0 amide bonds. The molecule has 5 nitrogen and oxygen atoms in total. The van der Waals surface area contributed by atoms with Crippen LogP contribution in [0.1, 0.15) is 127 Å². The number of hydrogen-bond donors (Lipinski definition) is 0. The fraction of sp³-hybridized carbons (Fsp3) is 0.837.